The molecule has 0 radical (unpaired) electrons. The number of nitrogens with zero attached hydrogens (tertiary/aromatic N) is 4. The lowest BCUT2D eigenvalue weighted by Crippen LogP contribution is -2.23. The van der Waals surface area contributed by atoms with Crippen molar-refractivity contribution in [3.8, 4) is 11.1 Å². The quantitative estimate of drug-likeness (QED) is 0.353. The molecule has 2 aliphatic rings. The number of amides is 1. The van der Waals surface area contributed by atoms with Crippen LogP contribution in [0.2, 0.25) is 0 Å². The molecule has 1 aliphatic heterocycles. The zero-order valence-electron chi connectivity index (χ0n) is 21.2. The molecule has 10 heteroatoms. The third-order valence-corrected chi connectivity index (χ3v) is 8.60. The summed E-state index contributed by atoms with van der Waals surface area (Å²) >= 11 is 1.45. The fourth-order valence-corrected chi connectivity index (χ4v) is 6.63. The molecule has 1 saturated heterocycles. The second-order valence-corrected chi connectivity index (χ2v) is 11.3. The van der Waals surface area contributed by atoms with Crippen LogP contribution in [-0.2, 0) is 24.2 Å². The number of Topliss-reactive ketones (excluding diaryl/α,β-unsaturated/α-hetero) is 1. The van der Waals surface area contributed by atoms with Crippen LogP contribution in [0.3, 0.4) is 0 Å². The normalized spacial score (nSPS) is 17.1. The molecule has 0 saturated carbocycles. The zero-order valence-corrected chi connectivity index (χ0v) is 22.0. The number of fused-ring (bicyclic) bond motifs is 2. The first-order valence-electron chi connectivity index (χ1n) is 13.1. The Balaban J connectivity index is 1.21. The summed E-state index contributed by atoms with van der Waals surface area (Å²) in [6.45, 7) is 3.28. The second-order valence-electron chi connectivity index (χ2n) is 10.2. The van der Waals surface area contributed by atoms with Crippen molar-refractivity contribution in [3.63, 3.8) is 0 Å². The summed E-state index contributed by atoms with van der Waals surface area (Å²) in [6, 6.07) is 6.94. The van der Waals surface area contributed by atoms with Crippen LogP contribution in [-0.4, -0.2) is 44.9 Å². The van der Waals surface area contributed by atoms with Gasteiger partial charge in [-0.05, 0) is 68.2 Å². The van der Waals surface area contributed by atoms with E-state index in [1.54, 1.807) is 19.2 Å². The predicted octanol–water partition coefficient (Wildman–Crippen LogP) is 4.83. The summed E-state index contributed by atoms with van der Waals surface area (Å²) < 4.78 is 15.2. The van der Waals surface area contributed by atoms with Crippen molar-refractivity contribution in [2.45, 2.75) is 52.0 Å². The van der Waals surface area contributed by atoms with Crippen molar-refractivity contribution in [2.75, 3.05) is 18.0 Å². The fourth-order valence-electron chi connectivity index (χ4n) is 5.56. The smallest absolute Gasteiger partial charge is 0.280 e. The van der Waals surface area contributed by atoms with Crippen LogP contribution in [0, 0.1) is 11.7 Å². The molecule has 1 aromatic carbocycles. The Hall–Kier alpha value is -3.66. The number of aromatic amines is 1. The summed E-state index contributed by atoms with van der Waals surface area (Å²) in [4.78, 5) is 36.6. The molecular formula is C28H29FN6O2S. The number of carbonyl (C=O) groups excluding carboxylic acids is 2. The molecule has 2 N–H and O–H groups in total. The maximum absolute atomic E-state index is 15.2. The molecule has 1 fully saturated rings. The highest BCUT2D eigenvalue weighted by molar-refractivity contribution is 7.13. The molecule has 1 amide bonds. The lowest BCUT2D eigenvalue weighted by Gasteiger charge is -2.17. The number of rotatable bonds is 7. The van der Waals surface area contributed by atoms with Gasteiger partial charge in [-0.3, -0.25) is 9.89 Å². The number of thiazole rings is 1. The molecule has 6 rings (SSSR count). The van der Waals surface area contributed by atoms with Crippen molar-refractivity contribution < 1.29 is 14.0 Å². The van der Waals surface area contributed by atoms with Crippen LogP contribution in [0.5, 0.6) is 0 Å². The zero-order chi connectivity index (χ0) is 26.2. The third kappa shape index (κ3) is 4.80. The van der Waals surface area contributed by atoms with E-state index in [0.29, 0.717) is 34.1 Å². The second kappa shape index (κ2) is 10.2. The van der Waals surface area contributed by atoms with Gasteiger partial charge >= 0.3 is 0 Å². The van der Waals surface area contributed by atoms with Gasteiger partial charge in [-0.25, -0.2) is 14.4 Å². The molecule has 3 aromatic heterocycles. The number of ketones is 1. The number of aryl methyl sites for hydroxylation is 2. The highest BCUT2D eigenvalue weighted by Gasteiger charge is 2.28. The minimum atomic E-state index is -0.390. The number of nitrogens with one attached hydrogen (secondary N) is 2. The number of H-pyrrole nitrogens is 1. The minimum absolute atomic E-state index is 0.0865. The molecule has 0 bridgehead atoms. The van der Waals surface area contributed by atoms with Gasteiger partial charge in [-0.15, -0.1) is 11.3 Å². The molecule has 0 unspecified atom stereocenters. The highest BCUT2D eigenvalue weighted by atomic mass is 32.1. The number of carbonyl (C=O) groups is 2. The molecule has 38 heavy (non-hydrogen) atoms. The van der Waals surface area contributed by atoms with Crippen LogP contribution in [0.4, 0.5) is 10.2 Å². The van der Waals surface area contributed by atoms with E-state index in [0.717, 1.165) is 67.7 Å². The third-order valence-electron chi connectivity index (χ3n) is 7.45. The predicted molar refractivity (Wildman–Crippen MR) is 145 cm³/mol. The Bertz CT molecular complexity index is 1510. The van der Waals surface area contributed by atoms with Gasteiger partial charge in [0.25, 0.3) is 5.91 Å². The van der Waals surface area contributed by atoms with E-state index < -0.39 is 0 Å². The number of aromatic nitrogens is 4. The lowest BCUT2D eigenvalue weighted by molar-refractivity contribution is -0.117. The molecule has 8 nitrogen and oxygen atoms in total. The van der Waals surface area contributed by atoms with Gasteiger partial charge in [0.15, 0.2) is 16.5 Å². The van der Waals surface area contributed by atoms with Crippen LogP contribution < -0.4 is 10.2 Å². The number of benzene rings is 1. The van der Waals surface area contributed by atoms with Gasteiger partial charge in [0.05, 0.1) is 11.1 Å². The molecule has 4 heterocycles. The molecule has 4 aromatic rings. The number of anilines is 1. The SMILES string of the molecule is CC(=O)C[C@@H]1CCN(c2n[nH]c3nccc(-c4ccc(CNC(=O)c5nc6c(s5)CCCC6)c(F)c4)c23)C1. The van der Waals surface area contributed by atoms with Gasteiger partial charge in [0, 0.05) is 42.7 Å². The average Bonchev–Trinajstić information content (AvgIpc) is 3.65. The summed E-state index contributed by atoms with van der Waals surface area (Å²) in [5, 5.41) is 11.6. The van der Waals surface area contributed by atoms with Crippen LogP contribution in [0.25, 0.3) is 22.2 Å². The van der Waals surface area contributed by atoms with Gasteiger partial charge in [0.2, 0.25) is 0 Å². The van der Waals surface area contributed by atoms with E-state index in [4.69, 9.17) is 0 Å². The molecular weight excluding hydrogens is 503 g/mol. The minimum Gasteiger partial charge on any atom is -0.354 e. The summed E-state index contributed by atoms with van der Waals surface area (Å²) in [5.74, 6) is 0.626. The van der Waals surface area contributed by atoms with Crippen molar-refractivity contribution in [1.29, 1.82) is 0 Å². The Morgan fingerprint density at radius 3 is 2.92 bits per heavy atom. The number of hydrogen-bond donors (Lipinski definition) is 2. The van der Waals surface area contributed by atoms with E-state index in [1.165, 1.54) is 22.3 Å². The summed E-state index contributed by atoms with van der Waals surface area (Å²) in [5.41, 5.74) is 3.62. The van der Waals surface area contributed by atoms with E-state index >= 15 is 4.39 Å². The molecule has 1 aliphatic carbocycles. The molecule has 1 atom stereocenters. The summed E-state index contributed by atoms with van der Waals surface area (Å²) in [7, 11) is 0. The topological polar surface area (TPSA) is 104 Å². The van der Waals surface area contributed by atoms with Crippen LogP contribution in [0.1, 0.15) is 58.5 Å². The Morgan fingerprint density at radius 2 is 2.11 bits per heavy atom. The van der Waals surface area contributed by atoms with Gasteiger partial charge in [0.1, 0.15) is 11.6 Å². The molecule has 196 valence electrons. The van der Waals surface area contributed by atoms with E-state index in [9.17, 15) is 9.59 Å². The number of pyridine rings is 1. The molecule has 0 spiro atoms. The summed E-state index contributed by atoms with van der Waals surface area (Å²) in [6.07, 6.45) is 7.33. The average molecular weight is 533 g/mol. The van der Waals surface area contributed by atoms with Crippen molar-refractivity contribution in [2.24, 2.45) is 5.92 Å². The Morgan fingerprint density at radius 1 is 1.24 bits per heavy atom. The Labute approximate surface area is 223 Å². The van der Waals surface area contributed by atoms with Crippen molar-refractivity contribution >= 4 is 39.9 Å². The van der Waals surface area contributed by atoms with E-state index in [-0.39, 0.29) is 24.1 Å². The van der Waals surface area contributed by atoms with Gasteiger partial charge in [-0.2, -0.15) is 5.10 Å². The monoisotopic (exact) mass is 532 g/mol. The fraction of sp³-hybridized carbons (Fsp3) is 0.393. The maximum Gasteiger partial charge on any atom is 0.280 e. The first-order chi connectivity index (χ1) is 18.5. The van der Waals surface area contributed by atoms with E-state index in [1.807, 2.05) is 12.1 Å². The Kier molecular flexibility index (Phi) is 6.65. The van der Waals surface area contributed by atoms with Crippen molar-refractivity contribution in [3.05, 3.63) is 57.4 Å². The standard InChI is InChI=1S/C28H29FN6O2S/c1-16(36)12-17-9-11-35(15-17)26-24-20(8-10-30-25(24)33-34-26)18-6-7-19(21(29)13-18)14-31-27(37)28-32-22-4-2-3-5-23(22)38-28/h6-8,10,13,17H,2-5,9,11-12,14-15H2,1H3,(H,31,37)(H,30,33,34)/t17-/m0/s1. The number of halogens is 1. The van der Waals surface area contributed by atoms with Gasteiger partial charge < -0.3 is 15.0 Å². The van der Waals surface area contributed by atoms with Crippen LogP contribution in [0.15, 0.2) is 30.5 Å². The van der Waals surface area contributed by atoms with Gasteiger partial charge in [-0.1, -0.05) is 12.1 Å². The maximum atomic E-state index is 15.2. The van der Waals surface area contributed by atoms with Crippen LogP contribution >= 0.6 is 11.3 Å². The van der Waals surface area contributed by atoms with E-state index in [2.05, 4.69) is 30.4 Å². The van der Waals surface area contributed by atoms with Crippen molar-refractivity contribution in [1.82, 2.24) is 25.5 Å². The first-order valence-corrected chi connectivity index (χ1v) is 13.9. The first kappa shape index (κ1) is 24.7. The lowest BCUT2D eigenvalue weighted by atomic mass is 10.0. The number of hydrogen-bond acceptors (Lipinski definition) is 7. The highest BCUT2D eigenvalue weighted by Crippen LogP contribution is 2.36. The largest absolute Gasteiger partial charge is 0.354 e.